The molecule has 0 aromatic heterocycles. The molecular weight excluding hydrogens is 248 g/mol. The number of hydrogen-bond donors (Lipinski definition) is 1. The number of carbonyl (C=O) groups is 1. The molecule has 2 rings (SSSR count). The molecule has 4 heteroatoms. The Morgan fingerprint density at radius 3 is 2.53 bits per heavy atom. The molecule has 0 aliphatic carbocycles. The van der Waals surface area contributed by atoms with Crippen molar-refractivity contribution in [3.05, 3.63) is 35.4 Å². The molecule has 1 N–H and O–H groups in total. The number of hydrogen-bond acceptors (Lipinski definition) is 2. The van der Waals surface area contributed by atoms with Crippen molar-refractivity contribution in [3.8, 4) is 0 Å². The van der Waals surface area contributed by atoms with Crippen molar-refractivity contribution in [3.63, 3.8) is 0 Å². The summed E-state index contributed by atoms with van der Waals surface area (Å²) in [6, 6.07) is 3.07. The summed E-state index contributed by atoms with van der Waals surface area (Å²) in [5.41, 5.74) is -0.359. The van der Waals surface area contributed by atoms with Gasteiger partial charge in [0.15, 0.2) is 5.78 Å². The quantitative estimate of drug-likeness (QED) is 0.848. The molecule has 104 valence electrons. The normalized spacial score (nSPS) is 23.3. The Labute approximate surface area is 112 Å². The fourth-order valence-electron chi connectivity index (χ4n) is 2.96. The first-order valence-electron chi connectivity index (χ1n) is 6.79. The van der Waals surface area contributed by atoms with E-state index in [4.69, 9.17) is 0 Å². The number of halogens is 2. The summed E-state index contributed by atoms with van der Waals surface area (Å²) in [7, 11) is 0. The standard InChI is InChI=1S/C15H19F2NO/c1-2-4-15(5-3-6-18-10-15)14(19)11-7-12(16)9-13(17)8-11/h7-9,18H,2-6,10H2,1H3. The van der Waals surface area contributed by atoms with Gasteiger partial charge in [0, 0.05) is 23.6 Å². The first-order chi connectivity index (χ1) is 9.07. The first kappa shape index (κ1) is 14.1. The lowest BCUT2D eigenvalue weighted by Crippen LogP contribution is -2.45. The van der Waals surface area contributed by atoms with E-state index >= 15 is 0 Å². The van der Waals surface area contributed by atoms with Crippen LogP contribution in [0.3, 0.4) is 0 Å². The predicted molar refractivity (Wildman–Crippen MR) is 70.1 cm³/mol. The van der Waals surface area contributed by atoms with Crippen molar-refractivity contribution in [2.24, 2.45) is 5.41 Å². The molecule has 19 heavy (non-hydrogen) atoms. The third-order valence-corrected chi connectivity index (χ3v) is 3.81. The van der Waals surface area contributed by atoms with Crippen LogP contribution < -0.4 is 5.32 Å². The van der Waals surface area contributed by atoms with Crippen LogP contribution in [0.2, 0.25) is 0 Å². The SMILES string of the molecule is CCCC1(C(=O)c2cc(F)cc(F)c2)CCCNC1. The second kappa shape index (κ2) is 5.78. The topological polar surface area (TPSA) is 29.1 Å². The molecule has 1 heterocycles. The number of nitrogens with one attached hydrogen (secondary N) is 1. The molecule has 0 spiro atoms. The van der Waals surface area contributed by atoms with Crippen LogP contribution in [0.4, 0.5) is 8.78 Å². The van der Waals surface area contributed by atoms with Crippen molar-refractivity contribution in [1.29, 1.82) is 0 Å². The Morgan fingerprint density at radius 1 is 1.32 bits per heavy atom. The van der Waals surface area contributed by atoms with Gasteiger partial charge in [0.05, 0.1) is 0 Å². The second-order valence-electron chi connectivity index (χ2n) is 5.30. The number of Topliss-reactive ketones (excluding diaryl/α,β-unsaturated/α-hetero) is 1. The van der Waals surface area contributed by atoms with Gasteiger partial charge in [-0.05, 0) is 37.9 Å². The van der Waals surface area contributed by atoms with E-state index in [1.807, 2.05) is 6.92 Å². The van der Waals surface area contributed by atoms with Gasteiger partial charge >= 0.3 is 0 Å². The highest BCUT2D eigenvalue weighted by Gasteiger charge is 2.39. The molecule has 1 fully saturated rings. The summed E-state index contributed by atoms with van der Waals surface area (Å²) < 4.78 is 26.5. The number of rotatable bonds is 4. The van der Waals surface area contributed by atoms with Crippen LogP contribution in [0, 0.1) is 17.0 Å². The summed E-state index contributed by atoms with van der Waals surface area (Å²) in [4.78, 5) is 12.6. The molecule has 1 saturated heterocycles. The van der Waals surface area contributed by atoms with E-state index in [1.54, 1.807) is 0 Å². The zero-order valence-corrected chi connectivity index (χ0v) is 11.1. The van der Waals surface area contributed by atoms with Gasteiger partial charge in [-0.3, -0.25) is 4.79 Å². The molecule has 1 unspecified atom stereocenters. The Bertz CT molecular complexity index is 441. The summed E-state index contributed by atoms with van der Waals surface area (Å²) in [6.45, 7) is 3.52. The van der Waals surface area contributed by atoms with Crippen molar-refractivity contribution < 1.29 is 13.6 Å². The monoisotopic (exact) mass is 267 g/mol. The molecular formula is C15H19F2NO. The Morgan fingerprint density at radius 2 is 2.00 bits per heavy atom. The van der Waals surface area contributed by atoms with E-state index in [0.29, 0.717) is 6.54 Å². The summed E-state index contributed by atoms with van der Waals surface area (Å²) in [6.07, 6.45) is 3.33. The Balaban J connectivity index is 2.33. The number of carbonyl (C=O) groups excluding carboxylic acids is 1. The number of piperidine rings is 1. The van der Waals surface area contributed by atoms with Crippen LogP contribution in [0.1, 0.15) is 43.0 Å². The van der Waals surface area contributed by atoms with Crippen LogP contribution in [-0.4, -0.2) is 18.9 Å². The Hall–Kier alpha value is -1.29. The average Bonchev–Trinajstić information content (AvgIpc) is 2.38. The molecule has 1 aromatic carbocycles. The van der Waals surface area contributed by atoms with E-state index in [9.17, 15) is 13.6 Å². The lowest BCUT2D eigenvalue weighted by molar-refractivity contribution is 0.0717. The number of benzene rings is 1. The van der Waals surface area contributed by atoms with Crippen LogP contribution in [0.15, 0.2) is 18.2 Å². The van der Waals surface area contributed by atoms with E-state index in [2.05, 4.69) is 5.32 Å². The highest BCUT2D eigenvalue weighted by molar-refractivity contribution is 6.00. The van der Waals surface area contributed by atoms with E-state index in [1.165, 1.54) is 0 Å². The zero-order valence-electron chi connectivity index (χ0n) is 11.1. The smallest absolute Gasteiger partial charge is 0.170 e. The maximum Gasteiger partial charge on any atom is 0.170 e. The molecule has 0 bridgehead atoms. The number of ketones is 1. The van der Waals surface area contributed by atoms with Gasteiger partial charge in [0.25, 0.3) is 0 Å². The largest absolute Gasteiger partial charge is 0.316 e. The maximum atomic E-state index is 13.3. The zero-order chi connectivity index (χ0) is 13.9. The van der Waals surface area contributed by atoms with Crippen molar-refractivity contribution >= 4 is 5.78 Å². The lowest BCUT2D eigenvalue weighted by atomic mass is 9.71. The van der Waals surface area contributed by atoms with E-state index in [-0.39, 0.29) is 11.3 Å². The second-order valence-corrected chi connectivity index (χ2v) is 5.30. The van der Waals surface area contributed by atoms with Crippen LogP contribution in [-0.2, 0) is 0 Å². The Kier molecular flexibility index (Phi) is 4.30. The van der Waals surface area contributed by atoms with Gasteiger partial charge in [-0.1, -0.05) is 13.3 Å². The molecule has 0 radical (unpaired) electrons. The minimum atomic E-state index is -0.696. The van der Waals surface area contributed by atoms with Crippen LogP contribution in [0.25, 0.3) is 0 Å². The van der Waals surface area contributed by atoms with Gasteiger partial charge in [0.1, 0.15) is 11.6 Å². The molecule has 1 aliphatic rings. The van der Waals surface area contributed by atoms with Gasteiger partial charge < -0.3 is 5.32 Å². The van der Waals surface area contributed by atoms with Gasteiger partial charge in [-0.15, -0.1) is 0 Å². The highest BCUT2D eigenvalue weighted by atomic mass is 19.1. The van der Waals surface area contributed by atoms with Crippen molar-refractivity contribution in [1.82, 2.24) is 5.32 Å². The van der Waals surface area contributed by atoms with Crippen molar-refractivity contribution in [2.75, 3.05) is 13.1 Å². The van der Waals surface area contributed by atoms with Gasteiger partial charge in [-0.2, -0.15) is 0 Å². The minimum absolute atomic E-state index is 0.139. The molecule has 1 aromatic rings. The average molecular weight is 267 g/mol. The van der Waals surface area contributed by atoms with Gasteiger partial charge in [-0.25, -0.2) is 8.78 Å². The predicted octanol–water partition coefficient (Wildman–Crippen LogP) is 3.32. The third-order valence-electron chi connectivity index (χ3n) is 3.81. The van der Waals surface area contributed by atoms with Crippen LogP contribution >= 0.6 is 0 Å². The summed E-state index contributed by atoms with van der Waals surface area (Å²) in [5, 5.41) is 3.23. The molecule has 0 saturated carbocycles. The molecule has 1 aliphatic heterocycles. The van der Waals surface area contributed by atoms with E-state index in [0.717, 1.165) is 50.4 Å². The minimum Gasteiger partial charge on any atom is -0.316 e. The highest BCUT2D eigenvalue weighted by Crippen LogP contribution is 2.35. The third kappa shape index (κ3) is 3.00. The van der Waals surface area contributed by atoms with Crippen LogP contribution in [0.5, 0.6) is 0 Å². The summed E-state index contributed by atoms with van der Waals surface area (Å²) >= 11 is 0. The fraction of sp³-hybridized carbons (Fsp3) is 0.533. The maximum absolute atomic E-state index is 13.3. The molecule has 0 amide bonds. The summed E-state index contributed by atoms with van der Waals surface area (Å²) in [5.74, 6) is -1.53. The molecule has 1 atom stereocenters. The van der Waals surface area contributed by atoms with E-state index < -0.39 is 17.0 Å². The van der Waals surface area contributed by atoms with Crippen molar-refractivity contribution in [2.45, 2.75) is 32.6 Å². The van der Waals surface area contributed by atoms with Gasteiger partial charge in [0.2, 0.25) is 0 Å². The molecule has 2 nitrogen and oxygen atoms in total. The lowest BCUT2D eigenvalue weighted by Gasteiger charge is -2.36. The fourth-order valence-corrected chi connectivity index (χ4v) is 2.96. The first-order valence-corrected chi connectivity index (χ1v) is 6.79.